The van der Waals surface area contributed by atoms with Crippen LogP contribution in [0.4, 0.5) is 5.82 Å². The van der Waals surface area contributed by atoms with Gasteiger partial charge < -0.3 is 14.9 Å². The fraction of sp³-hybridized carbons (Fsp3) is 0.565. The number of likely N-dealkylation sites (tertiary alicyclic amines) is 1. The van der Waals surface area contributed by atoms with Gasteiger partial charge in [-0.1, -0.05) is 0 Å². The Kier molecular flexibility index (Phi) is 5.15. The maximum atomic E-state index is 13.1. The second kappa shape index (κ2) is 7.95. The second-order valence-corrected chi connectivity index (χ2v) is 9.13. The van der Waals surface area contributed by atoms with E-state index >= 15 is 0 Å². The third-order valence-corrected chi connectivity index (χ3v) is 7.03. The molecule has 1 amide bonds. The summed E-state index contributed by atoms with van der Waals surface area (Å²) in [5.41, 5.74) is 3.14. The van der Waals surface area contributed by atoms with Crippen molar-refractivity contribution in [3.05, 3.63) is 47.7 Å². The van der Waals surface area contributed by atoms with Crippen LogP contribution in [0.3, 0.4) is 0 Å². The number of β-amino-alcohol motifs (C(OH)–C–C–N with tert-alkyl or cyclic N) is 1. The van der Waals surface area contributed by atoms with Crippen LogP contribution in [0.5, 0.6) is 0 Å². The van der Waals surface area contributed by atoms with Gasteiger partial charge in [0, 0.05) is 50.5 Å². The number of fused-ring (bicyclic) bond motifs is 1. The van der Waals surface area contributed by atoms with Crippen LogP contribution in [0.15, 0.2) is 30.9 Å². The predicted octanol–water partition coefficient (Wildman–Crippen LogP) is 2.24. The highest BCUT2D eigenvalue weighted by molar-refractivity contribution is 5.94. The molecule has 0 aromatic carbocycles. The molecule has 1 spiro atoms. The zero-order chi connectivity index (χ0) is 20.6. The molecule has 0 bridgehead atoms. The van der Waals surface area contributed by atoms with Gasteiger partial charge in [-0.2, -0.15) is 0 Å². The number of aliphatic hydroxyl groups is 1. The summed E-state index contributed by atoms with van der Waals surface area (Å²) in [6.45, 7) is 2.88. The molecule has 1 aliphatic carbocycles. The van der Waals surface area contributed by atoms with Crippen LogP contribution in [0.25, 0.3) is 0 Å². The Bertz CT molecular complexity index is 911. The molecule has 1 atom stereocenters. The molecule has 158 valence electrons. The van der Waals surface area contributed by atoms with Crippen molar-refractivity contribution in [1.82, 2.24) is 19.9 Å². The lowest BCUT2D eigenvalue weighted by atomic mass is 9.71. The van der Waals surface area contributed by atoms with E-state index in [-0.39, 0.29) is 17.4 Å². The minimum absolute atomic E-state index is 0.0140. The number of carbonyl (C=O) groups excluding carboxylic acids is 1. The highest BCUT2D eigenvalue weighted by Gasteiger charge is 2.42. The van der Waals surface area contributed by atoms with Gasteiger partial charge in [0.2, 0.25) is 0 Å². The third-order valence-electron chi connectivity index (χ3n) is 7.03. The lowest BCUT2D eigenvalue weighted by molar-refractivity contribution is 0.0246. The maximum Gasteiger partial charge on any atom is 0.255 e. The molecule has 1 unspecified atom stereocenters. The molecule has 2 fully saturated rings. The standard InChI is InChI=1S/C23H29N5O2/c29-19-12-23(16-28(15-19)21-14-24-7-8-25-21)5-9-27(10-6-23)22(30)18-11-17-3-1-2-4-20(17)26-13-18/h7-8,11,13-14,19,29H,1-6,9-10,12,15-16H2. The van der Waals surface area contributed by atoms with Crippen LogP contribution in [0.1, 0.15) is 53.7 Å². The highest BCUT2D eigenvalue weighted by Crippen LogP contribution is 2.41. The molecular weight excluding hydrogens is 378 g/mol. The van der Waals surface area contributed by atoms with E-state index in [1.165, 1.54) is 18.4 Å². The Balaban J connectivity index is 1.27. The average molecular weight is 408 g/mol. The molecule has 3 aliphatic rings. The normalized spacial score (nSPS) is 23.3. The summed E-state index contributed by atoms with van der Waals surface area (Å²) in [5, 5.41) is 10.5. The van der Waals surface area contributed by atoms with Gasteiger partial charge in [0.25, 0.3) is 5.91 Å². The Hall–Kier alpha value is -2.54. The fourth-order valence-corrected chi connectivity index (χ4v) is 5.42. The van der Waals surface area contributed by atoms with Gasteiger partial charge in [-0.15, -0.1) is 0 Å². The van der Waals surface area contributed by atoms with Crippen molar-refractivity contribution in [2.75, 3.05) is 31.1 Å². The van der Waals surface area contributed by atoms with E-state index in [0.717, 1.165) is 68.8 Å². The zero-order valence-electron chi connectivity index (χ0n) is 17.3. The summed E-state index contributed by atoms with van der Waals surface area (Å²) in [4.78, 5) is 30.4. The quantitative estimate of drug-likeness (QED) is 0.822. The largest absolute Gasteiger partial charge is 0.391 e. The minimum Gasteiger partial charge on any atom is -0.391 e. The van der Waals surface area contributed by atoms with Gasteiger partial charge in [0.15, 0.2) is 0 Å². The molecule has 2 aromatic rings. The minimum atomic E-state index is -0.382. The monoisotopic (exact) mass is 407 g/mol. The van der Waals surface area contributed by atoms with E-state index in [9.17, 15) is 9.90 Å². The first-order chi connectivity index (χ1) is 14.6. The van der Waals surface area contributed by atoms with Crippen LogP contribution in [-0.2, 0) is 12.8 Å². The summed E-state index contributed by atoms with van der Waals surface area (Å²) in [6, 6.07) is 2.06. The zero-order valence-corrected chi connectivity index (χ0v) is 17.3. The van der Waals surface area contributed by atoms with Gasteiger partial charge in [0.05, 0.1) is 17.9 Å². The smallest absolute Gasteiger partial charge is 0.255 e. The van der Waals surface area contributed by atoms with E-state index in [4.69, 9.17) is 0 Å². The molecule has 7 heteroatoms. The number of piperidine rings is 2. The molecule has 2 aromatic heterocycles. The molecule has 30 heavy (non-hydrogen) atoms. The lowest BCUT2D eigenvalue weighted by Gasteiger charge is -2.49. The van der Waals surface area contributed by atoms with Crippen molar-refractivity contribution in [3.8, 4) is 0 Å². The molecule has 2 aliphatic heterocycles. The number of aromatic nitrogens is 3. The average Bonchev–Trinajstić information content (AvgIpc) is 2.79. The molecule has 2 saturated heterocycles. The third kappa shape index (κ3) is 3.78. The number of anilines is 1. The number of pyridine rings is 1. The predicted molar refractivity (Wildman–Crippen MR) is 113 cm³/mol. The lowest BCUT2D eigenvalue weighted by Crippen LogP contribution is -2.54. The number of rotatable bonds is 2. The van der Waals surface area contributed by atoms with Crippen LogP contribution in [0, 0.1) is 5.41 Å². The highest BCUT2D eigenvalue weighted by atomic mass is 16.3. The van der Waals surface area contributed by atoms with E-state index in [1.807, 2.05) is 4.90 Å². The Morgan fingerprint density at radius 2 is 1.93 bits per heavy atom. The van der Waals surface area contributed by atoms with Crippen molar-refractivity contribution in [2.24, 2.45) is 5.41 Å². The van der Waals surface area contributed by atoms with Crippen LogP contribution in [-0.4, -0.2) is 63.1 Å². The van der Waals surface area contributed by atoms with Crippen molar-refractivity contribution in [1.29, 1.82) is 0 Å². The molecular formula is C23H29N5O2. The molecule has 0 radical (unpaired) electrons. The summed E-state index contributed by atoms with van der Waals surface area (Å²) < 4.78 is 0. The van der Waals surface area contributed by atoms with Gasteiger partial charge >= 0.3 is 0 Å². The number of aliphatic hydroxyl groups excluding tert-OH is 1. The maximum absolute atomic E-state index is 13.1. The first-order valence-electron chi connectivity index (χ1n) is 11.1. The number of carbonyl (C=O) groups is 1. The molecule has 4 heterocycles. The van der Waals surface area contributed by atoms with Gasteiger partial charge in [0.1, 0.15) is 5.82 Å². The Morgan fingerprint density at radius 1 is 1.10 bits per heavy atom. The first kappa shape index (κ1) is 19.4. The van der Waals surface area contributed by atoms with Gasteiger partial charge in [-0.05, 0) is 62.0 Å². The number of aryl methyl sites for hydroxylation is 2. The SMILES string of the molecule is O=C(c1cnc2c(c1)CCCC2)N1CCC2(CC1)CC(O)CN(c1cnccn1)C2. The van der Waals surface area contributed by atoms with Crippen molar-refractivity contribution in [2.45, 2.75) is 51.0 Å². The van der Waals surface area contributed by atoms with Crippen molar-refractivity contribution < 1.29 is 9.90 Å². The molecule has 0 saturated carbocycles. The number of nitrogens with zero attached hydrogens (tertiary/aromatic N) is 5. The number of hydrogen-bond donors (Lipinski definition) is 1. The van der Waals surface area contributed by atoms with Crippen molar-refractivity contribution in [3.63, 3.8) is 0 Å². The van der Waals surface area contributed by atoms with E-state index in [1.54, 1.807) is 24.8 Å². The van der Waals surface area contributed by atoms with E-state index in [0.29, 0.717) is 6.54 Å². The van der Waals surface area contributed by atoms with E-state index < -0.39 is 0 Å². The summed E-state index contributed by atoms with van der Waals surface area (Å²) in [5.74, 6) is 0.905. The first-order valence-corrected chi connectivity index (χ1v) is 11.1. The van der Waals surface area contributed by atoms with E-state index in [2.05, 4.69) is 25.9 Å². The summed E-state index contributed by atoms with van der Waals surface area (Å²) in [6.07, 6.45) is 13.5. The van der Waals surface area contributed by atoms with Crippen LogP contribution >= 0.6 is 0 Å². The Labute approximate surface area is 177 Å². The molecule has 7 nitrogen and oxygen atoms in total. The van der Waals surface area contributed by atoms with Gasteiger partial charge in [-0.3, -0.25) is 14.8 Å². The second-order valence-electron chi connectivity index (χ2n) is 9.13. The molecule has 5 rings (SSSR count). The summed E-state index contributed by atoms with van der Waals surface area (Å²) in [7, 11) is 0. The Morgan fingerprint density at radius 3 is 2.73 bits per heavy atom. The van der Waals surface area contributed by atoms with Gasteiger partial charge in [-0.25, -0.2) is 4.98 Å². The van der Waals surface area contributed by atoms with Crippen LogP contribution < -0.4 is 4.90 Å². The van der Waals surface area contributed by atoms with Crippen molar-refractivity contribution >= 4 is 11.7 Å². The fourth-order valence-electron chi connectivity index (χ4n) is 5.42. The topological polar surface area (TPSA) is 82.5 Å². The number of hydrogen-bond acceptors (Lipinski definition) is 6. The molecule has 1 N–H and O–H groups in total. The van der Waals surface area contributed by atoms with Crippen LogP contribution in [0.2, 0.25) is 0 Å². The number of amides is 1. The summed E-state index contributed by atoms with van der Waals surface area (Å²) >= 11 is 0.